The van der Waals surface area contributed by atoms with Crippen molar-refractivity contribution in [3.63, 3.8) is 0 Å². The molecule has 1 amide bonds. The fraction of sp³-hybridized carbons (Fsp3) is 0.667. The number of halogens is 3. The molecule has 1 aliphatic carbocycles. The minimum absolute atomic E-state index is 0.0328. The van der Waals surface area contributed by atoms with Gasteiger partial charge in [0.25, 0.3) is 0 Å². The van der Waals surface area contributed by atoms with Crippen LogP contribution in [0.15, 0.2) is 18.2 Å². The van der Waals surface area contributed by atoms with Crippen molar-refractivity contribution in [3.8, 4) is 6.07 Å². The molecule has 8 heteroatoms. The van der Waals surface area contributed by atoms with Crippen LogP contribution < -0.4 is 4.90 Å². The molecule has 0 radical (unpaired) electrons. The number of aliphatic hydroxyl groups is 1. The molecule has 5 nitrogen and oxygen atoms in total. The Hall–Kier alpha value is -2.27. The van der Waals surface area contributed by atoms with Crippen molar-refractivity contribution in [3.05, 3.63) is 29.3 Å². The van der Waals surface area contributed by atoms with Gasteiger partial charge >= 0.3 is 6.18 Å². The quantitative estimate of drug-likeness (QED) is 0.748. The first kappa shape index (κ1) is 22.9. The molecular formula is C24H30F3N3O2. The summed E-state index contributed by atoms with van der Waals surface area (Å²) in [5, 5.41) is 19.1. The summed E-state index contributed by atoms with van der Waals surface area (Å²) in [6, 6.07) is 5.45. The van der Waals surface area contributed by atoms with Gasteiger partial charge in [0.1, 0.15) is 0 Å². The molecule has 2 heterocycles. The number of carbonyl (C=O) groups excluding carboxylic acids is 1. The molecule has 2 aliphatic heterocycles. The highest BCUT2D eigenvalue weighted by molar-refractivity contribution is 5.76. The maximum Gasteiger partial charge on any atom is 0.417 e. The Morgan fingerprint density at radius 3 is 2.50 bits per heavy atom. The number of likely N-dealkylation sites (tertiary alicyclic amines) is 1. The standard InChI is InChI=1S/C24H30F3N3O2/c25-24(26,27)21-12-20(6-5-18(21)13-28)30-14-19(15-31)23(16-30)7-9-29(10-8-23)22(32)11-17-3-1-2-4-17/h5-6,12,17,19,31H,1-4,7-11,14-16H2. The number of nitriles is 1. The van der Waals surface area contributed by atoms with Crippen molar-refractivity contribution in [2.75, 3.05) is 37.7 Å². The largest absolute Gasteiger partial charge is 0.417 e. The van der Waals surface area contributed by atoms with Crippen LogP contribution in [0.5, 0.6) is 0 Å². The molecule has 3 fully saturated rings. The van der Waals surface area contributed by atoms with Crippen molar-refractivity contribution < 1.29 is 23.1 Å². The van der Waals surface area contributed by atoms with Crippen LogP contribution in [0.4, 0.5) is 18.9 Å². The second-order valence-corrected chi connectivity index (χ2v) is 9.70. The Bertz CT molecular complexity index is 881. The molecule has 3 aliphatic rings. The minimum Gasteiger partial charge on any atom is -0.396 e. The summed E-state index contributed by atoms with van der Waals surface area (Å²) in [5.74, 6) is 0.661. The molecule has 2 saturated heterocycles. The van der Waals surface area contributed by atoms with Crippen LogP contribution in [0.3, 0.4) is 0 Å². The van der Waals surface area contributed by atoms with Crippen molar-refractivity contribution in [2.45, 2.75) is 51.1 Å². The number of carbonyl (C=O) groups is 1. The van der Waals surface area contributed by atoms with Gasteiger partial charge < -0.3 is 14.9 Å². The molecule has 174 valence electrons. The van der Waals surface area contributed by atoms with Gasteiger partial charge in [0, 0.05) is 50.8 Å². The zero-order valence-corrected chi connectivity index (χ0v) is 18.2. The lowest BCUT2D eigenvalue weighted by molar-refractivity contribution is -0.138. The topological polar surface area (TPSA) is 67.6 Å². The van der Waals surface area contributed by atoms with Gasteiger partial charge in [-0.1, -0.05) is 12.8 Å². The van der Waals surface area contributed by atoms with Gasteiger partial charge in [0.2, 0.25) is 5.91 Å². The van der Waals surface area contributed by atoms with E-state index < -0.39 is 11.7 Å². The third-order valence-corrected chi connectivity index (χ3v) is 7.88. The molecule has 4 rings (SSSR count). The van der Waals surface area contributed by atoms with E-state index in [0.717, 1.165) is 31.7 Å². The van der Waals surface area contributed by atoms with Crippen LogP contribution in [0.1, 0.15) is 56.1 Å². The van der Waals surface area contributed by atoms with E-state index in [9.17, 15) is 23.1 Å². The van der Waals surface area contributed by atoms with E-state index in [4.69, 9.17) is 5.26 Å². The normalized spacial score (nSPS) is 23.7. The number of benzene rings is 1. The van der Waals surface area contributed by atoms with Crippen LogP contribution in [-0.4, -0.2) is 48.7 Å². The summed E-state index contributed by atoms with van der Waals surface area (Å²) in [5.41, 5.74) is -1.11. The molecule has 1 N–H and O–H groups in total. The zero-order chi connectivity index (χ0) is 22.9. The summed E-state index contributed by atoms with van der Waals surface area (Å²) >= 11 is 0. The molecular weight excluding hydrogens is 419 g/mol. The molecule has 1 saturated carbocycles. The van der Waals surface area contributed by atoms with E-state index in [1.54, 1.807) is 12.1 Å². The average molecular weight is 450 g/mol. The zero-order valence-electron chi connectivity index (χ0n) is 18.2. The Morgan fingerprint density at radius 1 is 1.22 bits per heavy atom. The number of amides is 1. The minimum atomic E-state index is -4.60. The molecule has 32 heavy (non-hydrogen) atoms. The van der Waals surface area contributed by atoms with Crippen LogP contribution in [0.2, 0.25) is 0 Å². The van der Waals surface area contributed by atoms with E-state index in [2.05, 4.69) is 0 Å². The van der Waals surface area contributed by atoms with Gasteiger partial charge in [-0.2, -0.15) is 18.4 Å². The van der Waals surface area contributed by atoms with Gasteiger partial charge in [0.15, 0.2) is 0 Å². The van der Waals surface area contributed by atoms with Crippen molar-refractivity contribution in [2.24, 2.45) is 17.3 Å². The van der Waals surface area contributed by atoms with Crippen molar-refractivity contribution >= 4 is 11.6 Å². The Kier molecular flexibility index (Phi) is 6.39. The third kappa shape index (κ3) is 4.45. The third-order valence-electron chi connectivity index (χ3n) is 7.88. The number of anilines is 1. The summed E-state index contributed by atoms with van der Waals surface area (Å²) in [4.78, 5) is 16.6. The number of hydrogen-bond acceptors (Lipinski definition) is 4. The molecule has 1 spiro atoms. The van der Waals surface area contributed by atoms with Gasteiger partial charge in [0.05, 0.1) is 17.2 Å². The molecule has 1 atom stereocenters. The Labute approximate surface area is 186 Å². The predicted molar refractivity (Wildman–Crippen MR) is 114 cm³/mol. The van der Waals surface area contributed by atoms with E-state index in [-0.39, 0.29) is 29.4 Å². The highest BCUT2D eigenvalue weighted by atomic mass is 19.4. The average Bonchev–Trinajstić information content (AvgIpc) is 3.41. The van der Waals surface area contributed by atoms with E-state index in [1.807, 2.05) is 9.80 Å². The number of alkyl halides is 3. The lowest BCUT2D eigenvalue weighted by Gasteiger charge is -2.42. The fourth-order valence-corrected chi connectivity index (χ4v) is 5.90. The SMILES string of the molecule is N#Cc1ccc(N2CC(CO)C3(CCN(C(=O)CC4CCCC4)CC3)C2)cc1C(F)(F)F. The van der Waals surface area contributed by atoms with Gasteiger partial charge in [-0.15, -0.1) is 0 Å². The van der Waals surface area contributed by atoms with Crippen LogP contribution in [-0.2, 0) is 11.0 Å². The van der Waals surface area contributed by atoms with E-state index in [1.165, 1.54) is 18.9 Å². The summed E-state index contributed by atoms with van der Waals surface area (Å²) < 4.78 is 40.2. The lowest BCUT2D eigenvalue weighted by atomic mass is 9.71. The van der Waals surface area contributed by atoms with Crippen LogP contribution in [0.25, 0.3) is 0 Å². The van der Waals surface area contributed by atoms with E-state index in [0.29, 0.717) is 44.2 Å². The van der Waals surface area contributed by atoms with Gasteiger partial charge in [-0.3, -0.25) is 4.79 Å². The number of piperidine rings is 1. The fourth-order valence-electron chi connectivity index (χ4n) is 5.90. The maximum atomic E-state index is 13.4. The first-order chi connectivity index (χ1) is 15.3. The van der Waals surface area contributed by atoms with Crippen LogP contribution in [0, 0.1) is 28.6 Å². The van der Waals surface area contributed by atoms with Crippen LogP contribution >= 0.6 is 0 Å². The van der Waals surface area contributed by atoms with Crippen molar-refractivity contribution in [1.82, 2.24) is 4.90 Å². The highest BCUT2D eigenvalue weighted by Crippen LogP contribution is 2.47. The van der Waals surface area contributed by atoms with Gasteiger partial charge in [-0.25, -0.2) is 0 Å². The monoisotopic (exact) mass is 449 g/mol. The summed E-state index contributed by atoms with van der Waals surface area (Å²) in [6.07, 6.45) is 2.20. The Morgan fingerprint density at radius 2 is 1.91 bits per heavy atom. The first-order valence-corrected chi connectivity index (χ1v) is 11.5. The summed E-state index contributed by atoms with van der Waals surface area (Å²) in [7, 11) is 0. The number of rotatable bonds is 4. The lowest BCUT2D eigenvalue weighted by Crippen LogP contribution is -2.47. The number of nitrogens with zero attached hydrogens (tertiary/aromatic N) is 3. The molecule has 1 aromatic rings. The highest BCUT2D eigenvalue weighted by Gasteiger charge is 2.48. The Balaban J connectivity index is 1.45. The summed E-state index contributed by atoms with van der Waals surface area (Å²) in [6.45, 7) is 2.25. The maximum absolute atomic E-state index is 13.4. The molecule has 0 bridgehead atoms. The van der Waals surface area contributed by atoms with E-state index >= 15 is 0 Å². The second kappa shape index (κ2) is 8.93. The molecule has 0 aromatic heterocycles. The number of aliphatic hydroxyl groups excluding tert-OH is 1. The molecule has 1 unspecified atom stereocenters. The predicted octanol–water partition coefficient (Wildman–Crippen LogP) is 4.19. The number of hydrogen-bond donors (Lipinski definition) is 1. The first-order valence-electron chi connectivity index (χ1n) is 11.5. The van der Waals surface area contributed by atoms with Crippen molar-refractivity contribution in [1.29, 1.82) is 5.26 Å². The molecule has 1 aromatic carbocycles. The van der Waals surface area contributed by atoms with Gasteiger partial charge in [-0.05, 0) is 55.2 Å². The smallest absolute Gasteiger partial charge is 0.396 e. The second-order valence-electron chi connectivity index (χ2n) is 9.70.